The zero-order valence-electron chi connectivity index (χ0n) is 24.4. The standard InChI is InChI=1S/C34H35BrClN3O4S/c1-2-3-21-37-34(41)32(22-26-11-6-4-7-12-26)38(24-27-17-19-28(35)20-18-27)33(40)25-39(30-14-10-13-29(36)23-30)44(42,43)31-15-8-5-9-16-31/h4-20,23,32H,2-3,21-22,24-25H2,1H3,(H,37,41). The van der Waals surface area contributed by atoms with E-state index >= 15 is 0 Å². The Morgan fingerprint density at radius 2 is 1.52 bits per heavy atom. The Balaban J connectivity index is 1.78. The monoisotopic (exact) mass is 695 g/mol. The number of anilines is 1. The van der Waals surface area contributed by atoms with Crippen LogP contribution in [0, 0.1) is 0 Å². The molecule has 0 aromatic heterocycles. The van der Waals surface area contributed by atoms with Crippen molar-refractivity contribution in [1.82, 2.24) is 10.2 Å². The fraction of sp³-hybridized carbons (Fsp3) is 0.235. The maximum Gasteiger partial charge on any atom is 0.264 e. The quantitative estimate of drug-likeness (QED) is 0.146. The number of carbonyl (C=O) groups excluding carboxylic acids is 2. The summed E-state index contributed by atoms with van der Waals surface area (Å²) < 4.78 is 29.9. The van der Waals surface area contributed by atoms with Crippen LogP contribution in [-0.4, -0.2) is 44.3 Å². The lowest BCUT2D eigenvalue weighted by Crippen LogP contribution is -2.53. The van der Waals surface area contributed by atoms with E-state index in [2.05, 4.69) is 21.2 Å². The van der Waals surface area contributed by atoms with Gasteiger partial charge in [0.05, 0.1) is 10.6 Å². The molecule has 0 saturated heterocycles. The van der Waals surface area contributed by atoms with Crippen LogP contribution in [0.3, 0.4) is 0 Å². The molecule has 7 nitrogen and oxygen atoms in total. The number of benzene rings is 4. The van der Waals surface area contributed by atoms with Gasteiger partial charge in [-0.25, -0.2) is 8.42 Å². The molecular formula is C34H35BrClN3O4S. The molecular weight excluding hydrogens is 662 g/mol. The fourth-order valence-corrected chi connectivity index (χ4v) is 6.60. The van der Waals surface area contributed by atoms with Crippen molar-refractivity contribution >= 4 is 55.1 Å². The Hall–Kier alpha value is -3.66. The zero-order chi connectivity index (χ0) is 31.5. The molecule has 230 valence electrons. The Morgan fingerprint density at radius 3 is 2.16 bits per heavy atom. The first-order chi connectivity index (χ1) is 21.2. The second-order valence-electron chi connectivity index (χ2n) is 10.3. The van der Waals surface area contributed by atoms with Crippen molar-refractivity contribution in [3.63, 3.8) is 0 Å². The van der Waals surface area contributed by atoms with Crippen molar-refractivity contribution in [2.24, 2.45) is 0 Å². The Kier molecular flexibility index (Phi) is 12.0. The van der Waals surface area contributed by atoms with Gasteiger partial charge < -0.3 is 10.2 Å². The molecule has 4 rings (SSSR count). The lowest BCUT2D eigenvalue weighted by Gasteiger charge is -2.34. The zero-order valence-corrected chi connectivity index (χ0v) is 27.6. The molecule has 1 atom stereocenters. The summed E-state index contributed by atoms with van der Waals surface area (Å²) >= 11 is 9.73. The van der Waals surface area contributed by atoms with Gasteiger partial charge in [0.1, 0.15) is 12.6 Å². The van der Waals surface area contributed by atoms with Crippen LogP contribution >= 0.6 is 27.5 Å². The lowest BCUT2D eigenvalue weighted by molar-refractivity contribution is -0.140. The summed E-state index contributed by atoms with van der Waals surface area (Å²) in [5.41, 5.74) is 1.91. The summed E-state index contributed by atoms with van der Waals surface area (Å²) in [6.45, 7) is 2.06. The number of rotatable bonds is 14. The van der Waals surface area contributed by atoms with Gasteiger partial charge in [0, 0.05) is 29.0 Å². The van der Waals surface area contributed by atoms with Crippen LogP contribution < -0.4 is 9.62 Å². The molecule has 1 N–H and O–H groups in total. The molecule has 0 aliphatic carbocycles. The summed E-state index contributed by atoms with van der Waals surface area (Å²) in [7, 11) is -4.18. The summed E-state index contributed by atoms with van der Waals surface area (Å²) in [6.07, 6.45) is 1.95. The van der Waals surface area contributed by atoms with Crippen LogP contribution in [0.5, 0.6) is 0 Å². The van der Waals surface area contributed by atoms with E-state index in [9.17, 15) is 18.0 Å². The van der Waals surface area contributed by atoms with Crippen molar-refractivity contribution < 1.29 is 18.0 Å². The van der Waals surface area contributed by atoms with Crippen molar-refractivity contribution in [2.45, 2.75) is 43.7 Å². The van der Waals surface area contributed by atoms with E-state index < -0.39 is 28.5 Å². The maximum absolute atomic E-state index is 14.4. The smallest absolute Gasteiger partial charge is 0.264 e. The molecule has 0 fully saturated rings. The van der Waals surface area contributed by atoms with Gasteiger partial charge in [0.2, 0.25) is 11.8 Å². The molecule has 0 aliphatic heterocycles. The maximum atomic E-state index is 14.4. The van der Waals surface area contributed by atoms with Crippen LogP contribution in [-0.2, 0) is 32.6 Å². The van der Waals surface area contributed by atoms with Crippen LogP contribution in [0.1, 0.15) is 30.9 Å². The van der Waals surface area contributed by atoms with Gasteiger partial charge in [-0.3, -0.25) is 13.9 Å². The number of hydrogen-bond acceptors (Lipinski definition) is 4. The number of hydrogen-bond donors (Lipinski definition) is 1. The first-order valence-electron chi connectivity index (χ1n) is 14.4. The topological polar surface area (TPSA) is 86.8 Å². The highest BCUT2D eigenvalue weighted by Gasteiger charge is 2.34. The average molecular weight is 697 g/mol. The third-order valence-corrected chi connectivity index (χ3v) is 9.62. The van der Waals surface area contributed by atoms with Gasteiger partial charge in [0.15, 0.2) is 0 Å². The van der Waals surface area contributed by atoms with E-state index in [1.807, 2.05) is 61.5 Å². The molecule has 0 radical (unpaired) electrons. The van der Waals surface area contributed by atoms with Crippen molar-refractivity contribution in [3.05, 3.63) is 130 Å². The minimum atomic E-state index is -4.18. The van der Waals surface area contributed by atoms with Crippen LogP contribution in [0.25, 0.3) is 0 Å². The fourth-order valence-electron chi connectivity index (χ4n) is 4.73. The Bertz CT molecular complexity index is 1640. The van der Waals surface area contributed by atoms with E-state index in [0.29, 0.717) is 11.6 Å². The summed E-state index contributed by atoms with van der Waals surface area (Å²) in [5, 5.41) is 3.32. The van der Waals surface area contributed by atoms with Gasteiger partial charge in [-0.05, 0) is 60.0 Å². The van der Waals surface area contributed by atoms with Gasteiger partial charge in [-0.1, -0.05) is 108 Å². The van der Waals surface area contributed by atoms with Crippen molar-refractivity contribution in [3.8, 4) is 0 Å². The van der Waals surface area contributed by atoms with Gasteiger partial charge in [0.25, 0.3) is 10.0 Å². The molecule has 1 unspecified atom stereocenters. The highest BCUT2D eigenvalue weighted by Crippen LogP contribution is 2.27. The van der Waals surface area contributed by atoms with Gasteiger partial charge >= 0.3 is 0 Å². The number of unbranched alkanes of at least 4 members (excludes halogenated alkanes) is 1. The predicted octanol–water partition coefficient (Wildman–Crippen LogP) is 6.85. The number of halogens is 2. The molecule has 4 aromatic rings. The highest BCUT2D eigenvalue weighted by molar-refractivity contribution is 9.10. The van der Waals surface area contributed by atoms with Crippen LogP contribution in [0.4, 0.5) is 5.69 Å². The number of nitrogens with one attached hydrogen (secondary N) is 1. The lowest BCUT2D eigenvalue weighted by atomic mass is 10.0. The van der Waals surface area contributed by atoms with Gasteiger partial charge in [-0.2, -0.15) is 0 Å². The average Bonchev–Trinajstić information content (AvgIpc) is 3.03. The Morgan fingerprint density at radius 1 is 0.864 bits per heavy atom. The normalized spacial score (nSPS) is 11.9. The Labute approximate surface area is 273 Å². The molecule has 0 aliphatic rings. The first-order valence-corrected chi connectivity index (χ1v) is 17.0. The van der Waals surface area contributed by atoms with E-state index in [0.717, 1.165) is 32.7 Å². The molecule has 44 heavy (non-hydrogen) atoms. The van der Waals surface area contributed by atoms with E-state index in [1.165, 1.54) is 23.1 Å². The molecule has 2 amide bonds. The molecule has 0 saturated carbocycles. The first kappa shape index (κ1) is 33.2. The summed E-state index contributed by atoms with van der Waals surface area (Å²) in [6, 6.07) is 30.4. The van der Waals surface area contributed by atoms with E-state index in [4.69, 9.17) is 11.6 Å². The molecule has 0 bridgehead atoms. The minimum Gasteiger partial charge on any atom is -0.354 e. The van der Waals surface area contributed by atoms with E-state index in [-0.39, 0.29) is 29.5 Å². The number of nitrogens with zero attached hydrogens (tertiary/aromatic N) is 2. The molecule has 10 heteroatoms. The SMILES string of the molecule is CCCCNC(=O)C(Cc1ccccc1)N(Cc1ccc(Br)cc1)C(=O)CN(c1cccc(Cl)c1)S(=O)(=O)c1ccccc1. The second kappa shape index (κ2) is 15.9. The number of carbonyl (C=O) groups is 2. The largest absolute Gasteiger partial charge is 0.354 e. The van der Waals surface area contributed by atoms with Gasteiger partial charge in [-0.15, -0.1) is 0 Å². The van der Waals surface area contributed by atoms with Crippen LogP contribution in [0.2, 0.25) is 5.02 Å². The molecule has 4 aromatic carbocycles. The summed E-state index contributed by atoms with van der Waals surface area (Å²) in [5.74, 6) is -0.827. The molecule has 0 heterocycles. The van der Waals surface area contributed by atoms with E-state index in [1.54, 1.807) is 36.4 Å². The minimum absolute atomic E-state index is 0.0328. The predicted molar refractivity (Wildman–Crippen MR) is 179 cm³/mol. The van der Waals surface area contributed by atoms with Crippen molar-refractivity contribution in [1.29, 1.82) is 0 Å². The number of amides is 2. The highest BCUT2D eigenvalue weighted by atomic mass is 79.9. The summed E-state index contributed by atoms with van der Waals surface area (Å²) in [4.78, 5) is 29.7. The third kappa shape index (κ3) is 8.94. The number of sulfonamides is 1. The second-order valence-corrected chi connectivity index (χ2v) is 13.5. The van der Waals surface area contributed by atoms with Crippen molar-refractivity contribution in [2.75, 3.05) is 17.4 Å². The molecule has 0 spiro atoms. The third-order valence-electron chi connectivity index (χ3n) is 7.07. The van der Waals surface area contributed by atoms with Crippen LogP contribution in [0.15, 0.2) is 119 Å².